The van der Waals surface area contributed by atoms with E-state index in [-0.39, 0.29) is 0 Å². The molecule has 3 aromatic heterocycles. The molecule has 132 valence electrons. The summed E-state index contributed by atoms with van der Waals surface area (Å²) in [5.41, 5.74) is 6.88. The Balaban J connectivity index is 1.73. The van der Waals surface area contributed by atoms with Crippen molar-refractivity contribution in [1.29, 1.82) is 0 Å². The van der Waals surface area contributed by atoms with Gasteiger partial charge in [-0.15, -0.1) is 10.2 Å². The fraction of sp³-hybridized carbons (Fsp3) is 0.143. The van der Waals surface area contributed by atoms with E-state index in [0.29, 0.717) is 5.95 Å². The number of nitrogens with zero attached hydrogens (tertiary/aromatic N) is 6. The lowest BCUT2D eigenvalue weighted by molar-refractivity contribution is 0.753. The molecular weight excluding hydrogens is 336 g/mol. The van der Waals surface area contributed by atoms with Crippen LogP contribution in [0.3, 0.4) is 0 Å². The molecule has 5 rings (SSSR count). The number of hydrogen-bond donors (Lipinski definition) is 0. The van der Waals surface area contributed by atoms with Gasteiger partial charge >= 0.3 is 0 Å². The molecule has 0 bridgehead atoms. The van der Waals surface area contributed by atoms with Crippen molar-refractivity contribution in [2.45, 2.75) is 13.8 Å². The molecule has 0 unspecified atom stereocenters. The molecule has 0 fully saturated rings. The molecule has 0 atom stereocenters. The molecule has 27 heavy (non-hydrogen) atoms. The van der Waals surface area contributed by atoms with E-state index in [9.17, 15) is 0 Å². The predicted molar refractivity (Wildman–Crippen MR) is 106 cm³/mol. The van der Waals surface area contributed by atoms with Gasteiger partial charge in [0, 0.05) is 18.0 Å². The molecule has 6 nitrogen and oxygen atoms in total. The molecule has 6 heteroatoms. The zero-order valence-corrected chi connectivity index (χ0v) is 15.4. The zero-order valence-electron chi connectivity index (χ0n) is 15.4. The molecule has 0 radical (unpaired) electrons. The summed E-state index contributed by atoms with van der Waals surface area (Å²) in [6.07, 6.45) is 0. The van der Waals surface area contributed by atoms with Gasteiger partial charge in [0.25, 0.3) is 5.95 Å². The second kappa shape index (κ2) is 5.74. The topological polar surface area (TPSA) is 61.4 Å². The number of fused-ring (bicyclic) bond motifs is 3. The summed E-state index contributed by atoms with van der Waals surface area (Å²) in [5.74, 6) is 0.483. The van der Waals surface area contributed by atoms with Crippen molar-refractivity contribution in [3.8, 4) is 17.1 Å². The first kappa shape index (κ1) is 15.7. The van der Waals surface area contributed by atoms with E-state index in [1.54, 1.807) is 4.68 Å². The SMILES string of the molecule is Cc1nn(-c2nnc3c4ccccc4n(C)c3n2)c(C)c1-c1ccccc1. The van der Waals surface area contributed by atoms with Gasteiger partial charge in [0.1, 0.15) is 5.52 Å². The molecule has 0 amide bonds. The maximum Gasteiger partial charge on any atom is 0.272 e. The van der Waals surface area contributed by atoms with E-state index in [4.69, 9.17) is 4.98 Å². The smallest absolute Gasteiger partial charge is 0.272 e. The molecule has 0 aliphatic carbocycles. The largest absolute Gasteiger partial charge is 0.327 e. The highest BCUT2D eigenvalue weighted by molar-refractivity contribution is 6.03. The third-order valence-electron chi connectivity index (χ3n) is 5.04. The molecule has 5 aromatic rings. The Morgan fingerprint density at radius 1 is 0.852 bits per heavy atom. The molecule has 0 aliphatic heterocycles. The van der Waals surface area contributed by atoms with Crippen molar-refractivity contribution < 1.29 is 0 Å². The van der Waals surface area contributed by atoms with Crippen molar-refractivity contribution in [3.05, 3.63) is 66.0 Å². The predicted octanol–water partition coefficient (Wildman–Crippen LogP) is 3.99. The monoisotopic (exact) mass is 354 g/mol. The molecule has 0 saturated heterocycles. The average molecular weight is 354 g/mol. The minimum absolute atomic E-state index is 0.483. The van der Waals surface area contributed by atoms with Crippen LogP contribution in [-0.4, -0.2) is 29.5 Å². The van der Waals surface area contributed by atoms with Crippen LogP contribution in [0.4, 0.5) is 0 Å². The van der Waals surface area contributed by atoms with Crippen molar-refractivity contribution in [2.75, 3.05) is 0 Å². The van der Waals surface area contributed by atoms with Crippen molar-refractivity contribution in [3.63, 3.8) is 0 Å². The highest BCUT2D eigenvalue weighted by atomic mass is 15.4. The summed E-state index contributed by atoms with van der Waals surface area (Å²) in [7, 11) is 2.00. The lowest BCUT2D eigenvalue weighted by Gasteiger charge is -2.04. The number of hydrogen-bond acceptors (Lipinski definition) is 4. The Morgan fingerprint density at radius 3 is 2.41 bits per heavy atom. The van der Waals surface area contributed by atoms with Crippen LogP contribution in [0.25, 0.3) is 39.1 Å². The van der Waals surface area contributed by atoms with Gasteiger partial charge in [0.2, 0.25) is 0 Å². The van der Waals surface area contributed by atoms with Gasteiger partial charge in [-0.1, -0.05) is 48.5 Å². The van der Waals surface area contributed by atoms with Crippen LogP contribution in [0.2, 0.25) is 0 Å². The number of aryl methyl sites for hydroxylation is 2. The molecule has 0 aliphatic rings. The lowest BCUT2D eigenvalue weighted by Crippen LogP contribution is -2.07. The van der Waals surface area contributed by atoms with Gasteiger partial charge in [-0.25, -0.2) is 4.68 Å². The minimum Gasteiger partial charge on any atom is -0.327 e. The summed E-state index contributed by atoms with van der Waals surface area (Å²) in [4.78, 5) is 4.78. The van der Waals surface area contributed by atoms with Crippen LogP contribution in [0.5, 0.6) is 0 Å². The van der Waals surface area contributed by atoms with E-state index in [1.165, 1.54) is 0 Å². The van der Waals surface area contributed by atoms with Crippen LogP contribution in [-0.2, 0) is 7.05 Å². The number of para-hydroxylation sites is 1. The number of rotatable bonds is 2. The quantitative estimate of drug-likeness (QED) is 0.481. The summed E-state index contributed by atoms with van der Waals surface area (Å²) < 4.78 is 3.83. The van der Waals surface area contributed by atoms with E-state index in [2.05, 4.69) is 33.5 Å². The second-order valence-electron chi connectivity index (χ2n) is 6.68. The third-order valence-corrected chi connectivity index (χ3v) is 5.04. The van der Waals surface area contributed by atoms with Crippen molar-refractivity contribution >= 4 is 22.1 Å². The molecular formula is C21H18N6. The van der Waals surface area contributed by atoms with Crippen molar-refractivity contribution in [2.24, 2.45) is 7.05 Å². The Kier molecular flexibility index (Phi) is 3.33. The third kappa shape index (κ3) is 2.26. The highest BCUT2D eigenvalue weighted by Crippen LogP contribution is 2.29. The van der Waals surface area contributed by atoms with E-state index in [0.717, 1.165) is 44.6 Å². The van der Waals surface area contributed by atoms with Gasteiger partial charge in [-0.3, -0.25) is 0 Å². The molecule has 0 spiro atoms. The summed E-state index contributed by atoms with van der Waals surface area (Å²) >= 11 is 0. The van der Waals surface area contributed by atoms with Crippen LogP contribution >= 0.6 is 0 Å². The average Bonchev–Trinajstić information content (AvgIpc) is 3.16. The molecule has 0 N–H and O–H groups in total. The lowest BCUT2D eigenvalue weighted by atomic mass is 10.0. The van der Waals surface area contributed by atoms with Crippen LogP contribution < -0.4 is 0 Å². The van der Waals surface area contributed by atoms with Crippen LogP contribution in [0.1, 0.15) is 11.4 Å². The molecule has 3 heterocycles. The van der Waals surface area contributed by atoms with E-state index in [1.807, 2.05) is 61.9 Å². The fourth-order valence-electron chi connectivity index (χ4n) is 3.75. The maximum atomic E-state index is 4.78. The van der Waals surface area contributed by atoms with Crippen molar-refractivity contribution in [1.82, 2.24) is 29.5 Å². The fourth-order valence-corrected chi connectivity index (χ4v) is 3.75. The highest BCUT2D eigenvalue weighted by Gasteiger charge is 2.18. The van der Waals surface area contributed by atoms with Gasteiger partial charge in [-0.05, 0) is 25.5 Å². The van der Waals surface area contributed by atoms with Gasteiger partial charge in [0.05, 0.1) is 16.9 Å². The van der Waals surface area contributed by atoms with Crippen LogP contribution in [0.15, 0.2) is 54.6 Å². The second-order valence-corrected chi connectivity index (χ2v) is 6.68. The first-order valence-electron chi connectivity index (χ1n) is 8.85. The summed E-state index contributed by atoms with van der Waals surface area (Å²) in [5, 5.41) is 14.6. The number of benzene rings is 2. The number of aromatic nitrogens is 6. The maximum absolute atomic E-state index is 4.78. The minimum atomic E-state index is 0.483. The van der Waals surface area contributed by atoms with Gasteiger partial charge in [-0.2, -0.15) is 10.1 Å². The van der Waals surface area contributed by atoms with E-state index >= 15 is 0 Å². The van der Waals surface area contributed by atoms with E-state index < -0.39 is 0 Å². The molecule has 0 saturated carbocycles. The van der Waals surface area contributed by atoms with Crippen LogP contribution in [0, 0.1) is 13.8 Å². The molecule has 2 aromatic carbocycles. The first-order chi connectivity index (χ1) is 13.1. The van der Waals surface area contributed by atoms with Gasteiger partial charge < -0.3 is 4.57 Å². The Bertz CT molecular complexity index is 1300. The zero-order chi connectivity index (χ0) is 18.5. The summed E-state index contributed by atoms with van der Waals surface area (Å²) in [6, 6.07) is 18.4. The normalized spacial score (nSPS) is 11.5. The Labute approximate surface area is 156 Å². The Hall–Kier alpha value is -3.54. The standard InChI is InChI=1S/C21H18N6/c1-13-18(15-9-5-4-6-10-15)14(2)27(25-13)21-22-20-19(23-24-21)16-11-7-8-12-17(16)26(20)3/h4-12H,1-3H3. The van der Waals surface area contributed by atoms with Gasteiger partial charge in [0.15, 0.2) is 5.65 Å². The Morgan fingerprint density at radius 2 is 1.59 bits per heavy atom. The summed E-state index contributed by atoms with van der Waals surface area (Å²) in [6.45, 7) is 4.05. The first-order valence-corrected chi connectivity index (χ1v) is 8.85.